The summed E-state index contributed by atoms with van der Waals surface area (Å²) in [6.07, 6.45) is 0. The van der Waals surface area contributed by atoms with E-state index in [-0.39, 0.29) is 42.4 Å². The summed E-state index contributed by atoms with van der Waals surface area (Å²) < 4.78 is 4.76. The minimum Gasteiger partial charge on any atom is -0.506 e. The van der Waals surface area contributed by atoms with Crippen molar-refractivity contribution >= 4 is 23.0 Å². The van der Waals surface area contributed by atoms with E-state index < -0.39 is 0 Å². The van der Waals surface area contributed by atoms with Crippen LogP contribution in [0.1, 0.15) is 17.3 Å². The number of hydrogen-bond donors (Lipinski definition) is 0. The number of esters is 1. The predicted octanol–water partition coefficient (Wildman–Crippen LogP) is 2.24. The van der Waals surface area contributed by atoms with Gasteiger partial charge in [-0.15, -0.1) is 47.3 Å². The minimum atomic E-state index is -0.312. The topological polar surface area (TPSA) is 26.3 Å². The van der Waals surface area contributed by atoms with Crippen LogP contribution in [0.4, 0.5) is 0 Å². The molecular weight excluding hydrogens is 285 g/mol. The Bertz CT molecular complexity index is 239. The van der Waals surface area contributed by atoms with E-state index in [4.69, 9.17) is 4.74 Å². The van der Waals surface area contributed by atoms with Gasteiger partial charge in [-0.3, -0.25) is 0 Å². The zero-order chi connectivity index (χ0) is 8.10. The average Bonchev–Trinajstić information content (AvgIpc) is 2.07. The number of benzene rings is 1. The molecule has 0 radical (unpaired) electrons. The molecule has 0 spiro atoms. The smallest absolute Gasteiger partial charge is 0.250 e. The number of carbonyl (C=O) groups excluding carboxylic acids is 1. The van der Waals surface area contributed by atoms with Gasteiger partial charge in [0.25, 0.3) is 0 Å². The molecule has 0 saturated carbocycles. The monoisotopic (exact) mass is 293 g/mol. The number of halogens is 1. The van der Waals surface area contributed by atoms with E-state index >= 15 is 0 Å². The summed E-state index contributed by atoms with van der Waals surface area (Å²) in [6.45, 7) is 2.18. The molecule has 0 N–H and O–H groups in total. The third-order valence-corrected chi connectivity index (χ3v) is 1.20. The van der Waals surface area contributed by atoms with Crippen LogP contribution >= 0.6 is 17.0 Å². The Morgan fingerprint density at radius 1 is 1.54 bits per heavy atom. The van der Waals surface area contributed by atoms with E-state index in [2.05, 4.69) is 6.07 Å². The molecule has 0 unspecified atom stereocenters. The molecular formula is C9H10BrO2Zn-. The van der Waals surface area contributed by atoms with E-state index in [9.17, 15) is 4.79 Å². The molecule has 0 fully saturated rings. The van der Waals surface area contributed by atoms with Gasteiger partial charge in [-0.1, -0.05) is 5.56 Å². The third-order valence-electron chi connectivity index (χ3n) is 1.20. The molecule has 0 heterocycles. The Morgan fingerprint density at radius 3 is 2.69 bits per heavy atom. The Morgan fingerprint density at radius 2 is 2.23 bits per heavy atom. The normalized spacial score (nSPS) is 7.77. The number of hydrogen-bond acceptors (Lipinski definition) is 2. The zero-order valence-corrected chi connectivity index (χ0v) is 12.1. The van der Waals surface area contributed by atoms with Crippen molar-refractivity contribution in [3.63, 3.8) is 0 Å². The Kier molecular flexibility index (Phi) is 9.86. The fourth-order valence-electron chi connectivity index (χ4n) is 0.729. The third kappa shape index (κ3) is 5.17. The average molecular weight is 295 g/mol. The van der Waals surface area contributed by atoms with Crippen LogP contribution in [0, 0.1) is 6.07 Å². The Hall–Kier alpha value is -0.207. The fraction of sp³-hybridized carbons (Fsp3) is 0.222. The summed E-state index contributed by atoms with van der Waals surface area (Å²) in [5, 5.41) is 0. The molecule has 1 rings (SSSR count). The van der Waals surface area contributed by atoms with Gasteiger partial charge in [-0.2, -0.15) is 0 Å². The molecule has 0 aromatic heterocycles. The summed E-state index contributed by atoms with van der Waals surface area (Å²) in [4.78, 5) is 11.0. The van der Waals surface area contributed by atoms with Gasteiger partial charge in [-0.05, 0) is 6.92 Å². The molecule has 0 amide bonds. The molecule has 4 heteroatoms. The van der Waals surface area contributed by atoms with Gasteiger partial charge in [0.2, 0.25) is 5.97 Å². The summed E-state index contributed by atoms with van der Waals surface area (Å²) >= 11 is 0. The predicted molar refractivity (Wildman–Crippen MR) is 51.6 cm³/mol. The quantitative estimate of drug-likeness (QED) is 0.475. The second kappa shape index (κ2) is 8.39. The number of carbonyl (C=O) groups is 1. The maximum atomic E-state index is 11.0. The molecule has 1 aromatic carbocycles. The van der Waals surface area contributed by atoms with Gasteiger partial charge in [0.05, 0.1) is 6.61 Å². The zero-order valence-electron chi connectivity index (χ0n) is 7.45. The van der Waals surface area contributed by atoms with E-state index in [0.29, 0.717) is 12.2 Å². The summed E-state index contributed by atoms with van der Waals surface area (Å²) in [5.41, 5.74) is 0.481. The SMILES string of the molecule is Br.CCOC(=O)c1[c-]cccc1.[Zn]. The molecule has 0 aliphatic rings. The molecule has 0 bridgehead atoms. The minimum absolute atomic E-state index is 0. The fourth-order valence-corrected chi connectivity index (χ4v) is 0.729. The summed E-state index contributed by atoms with van der Waals surface area (Å²) in [5.74, 6) is -0.312. The number of rotatable bonds is 2. The van der Waals surface area contributed by atoms with Crippen molar-refractivity contribution in [3.05, 3.63) is 35.9 Å². The van der Waals surface area contributed by atoms with Crippen LogP contribution in [0.2, 0.25) is 0 Å². The maximum absolute atomic E-state index is 11.0. The van der Waals surface area contributed by atoms with Crippen LogP contribution in [0.25, 0.3) is 0 Å². The Balaban J connectivity index is 0. The van der Waals surface area contributed by atoms with E-state index in [1.165, 1.54) is 0 Å². The van der Waals surface area contributed by atoms with Crippen molar-refractivity contribution in [2.75, 3.05) is 6.61 Å². The largest absolute Gasteiger partial charge is 0.506 e. The van der Waals surface area contributed by atoms with Crippen LogP contribution in [0.15, 0.2) is 24.3 Å². The summed E-state index contributed by atoms with van der Waals surface area (Å²) in [6, 6.07) is 9.73. The second-order valence-corrected chi connectivity index (χ2v) is 2.00. The van der Waals surface area contributed by atoms with E-state index in [1.807, 2.05) is 6.07 Å². The molecule has 0 aliphatic carbocycles. The number of ether oxygens (including phenoxy) is 1. The molecule has 0 atom stereocenters. The molecule has 0 saturated heterocycles. The van der Waals surface area contributed by atoms with E-state index in [0.717, 1.165) is 0 Å². The van der Waals surface area contributed by atoms with Crippen molar-refractivity contribution in [2.24, 2.45) is 0 Å². The van der Waals surface area contributed by atoms with Crippen LogP contribution in [-0.2, 0) is 24.2 Å². The van der Waals surface area contributed by atoms with Crippen LogP contribution in [0.3, 0.4) is 0 Å². The van der Waals surface area contributed by atoms with Crippen LogP contribution in [-0.4, -0.2) is 12.6 Å². The van der Waals surface area contributed by atoms with Crippen molar-refractivity contribution in [1.82, 2.24) is 0 Å². The van der Waals surface area contributed by atoms with Gasteiger partial charge in [0.1, 0.15) is 0 Å². The molecule has 13 heavy (non-hydrogen) atoms. The Labute approximate surface area is 101 Å². The molecule has 0 aliphatic heterocycles. The first-order chi connectivity index (χ1) is 5.34. The van der Waals surface area contributed by atoms with Crippen molar-refractivity contribution < 1.29 is 29.0 Å². The van der Waals surface area contributed by atoms with Crippen molar-refractivity contribution in [2.45, 2.75) is 6.92 Å². The van der Waals surface area contributed by atoms with Gasteiger partial charge in [0, 0.05) is 19.5 Å². The standard InChI is InChI=1S/C9H9O2.BrH.Zn/c1-2-11-9(10)8-6-4-3-5-7-8;;/h3-6H,2H2,1H3;1H;/q-1;;. The first-order valence-corrected chi connectivity index (χ1v) is 3.48. The second-order valence-electron chi connectivity index (χ2n) is 2.00. The van der Waals surface area contributed by atoms with Gasteiger partial charge in [0.15, 0.2) is 0 Å². The van der Waals surface area contributed by atoms with Crippen LogP contribution < -0.4 is 0 Å². The first-order valence-electron chi connectivity index (χ1n) is 3.48. The maximum Gasteiger partial charge on any atom is 0.250 e. The molecule has 68 valence electrons. The van der Waals surface area contributed by atoms with E-state index in [1.54, 1.807) is 25.1 Å². The van der Waals surface area contributed by atoms with Gasteiger partial charge >= 0.3 is 0 Å². The molecule has 2 nitrogen and oxygen atoms in total. The van der Waals surface area contributed by atoms with Crippen molar-refractivity contribution in [3.8, 4) is 0 Å². The summed E-state index contributed by atoms with van der Waals surface area (Å²) in [7, 11) is 0. The van der Waals surface area contributed by atoms with Gasteiger partial charge in [-0.25, -0.2) is 0 Å². The van der Waals surface area contributed by atoms with Crippen molar-refractivity contribution in [1.29, 1.82) is 0 Å². The molecule has 1 aromatic rings. The van der Waals surface area contributed by atoms with Gasteiger partial charge < -0.3 is 9.53 Å². The first kappa shape index (κ1) is 15.3. The van der Waals surface area contributed by atoms with Crippen LogP contribution in [0.5, 0.6) is 0 Å².